The summed E-state index contributed by atoms with van der Waals surface area (Å²) in [5.41, 5.74) is 5.73. The third-order valence-corrected chi connectivity index (χ3v) is 7.17. The van der Waals surface area contributed by atoms with E-state index in [-0.39, 0.29) is 12.2 Å². The molecule has 0 atom stereocenters. The topological polar surface area (TPSA) is 80.7 Å². The summed E-state index contributed by atoms with van der Waals surface area (Å²) in [6.07, 6.45) is 6.90. The van der Waals surface area contributed by atoms with Crippen LogP contribution in [-0.4, -0.2) is 38.1 Å². The zero-order chi connectivity index (χ0) is 23.8. The first-order valence-electron chi connectivity index (χ1n) is 11.3. The summed E-state index contributed by atoms with van der Waals surface area (Å²) in [4.78, 5) is 11.0. The Morgan fingerprint density at radius 2 is 1.82 bits per heavy atom. The summed E-state index contributed by atoms with van der Waals surface area (Å²) in [5, 5.41) is 9.71. The van der Waals surface area contributed by atoms with Crippen LogP contribution in [0.15, 0.2) is 48.0 Å². The molecule has 0 spiro atoms. The van der Waals surface area contributed by atoms with E-state index in [9.17, 15) is 13.2 Å². The first-order valence-corrected chi connectivity index (χ1v) is 13.8. The molecule has 0 heterocycles. The van der Waals surface area contributed by atoms with Crippen molar-refractivity contribution in [3.05, 3.63) is 69.8 Å². The van der Waals surface area contributed by atoms with Crippen molar-refractivity contribution in [1.82, 2.24) is 0 Å². The van der Waals surface area contributed by atoms with Gasteiger partial charge in [-0.1, -0.05) is 35.9 Å². The number of unbranched alkanes of at least 4 members (excludes halogenated alkanes) is 1. The van der Waals surface area contributed by atoms with E-state index in [0.717, 1.165) is 47.6 Å². The lowest BCUT2D eigenvalue weighted by molar-refractivity contribution is -0.136. The van der Waals surface area contributed by atoms with E-state index in [1.165, 1.54) is 23.0 Å². The van der Waals surface area contributed by atoms with Gasteiger partial charge >= 0.3 is 5.97 Å². The number of carbonyl (C=O) groups is 1. The van der Waals surface area contributed by atoms with Crippen LogP contribution in [0.4, 0.5) is 0 Å². The van der Waals surface area contributed by atoms with Crippen molar-refractivity contribution in [3.8, 4) is 5.75 Å². The quantitative estimate of drug-likeness (QED) is 0.383. The number of ether oxygens (including phenoxy) is 1. The monoisotopic (exact) mass is 490 g/mol. The minimum absolute atomic E-state index is 0.0745. The molecule has 2 aromatic rings. The molecule has 7 heteroatoms. The summed E-state index contributed by atoms with van der Waals surface area (Å²) < 4.78 is 29.1. The SMILES string of the molecule is CS(=O)(=O)CCCCc1cc(CCC(=O)O)ccc1OCC1=C(c2ccc(Cl)cc2)CCC1. The van der Waals surface area contributed by atoms with E-state index in [0.29, 0.717) is 25.9 Å². The van der Waals surface area contributed by atoms with Crippen LogP contribution in [0.2, 0.25) is 5.02 Å². The number of rotatable bonds is 12. The number of carboxylic acids is 1. The molecule has 0 fully saturated rings. The summed E-state index contributed by atoms with van der Waals surface area (Å²) in [6.45, 7) is 0.503. The van der Waals surface area contributed by atoms with Crippen LogP contribution in [0.25, 0.3) is 5.57 Å². The molecule has 0 radical (unpaired) electrons. The van der Waals surface area contributed by atoms with E-state index in [1.807, 2.05) is 42.5 Å². The Hall–Kier alpha value is -2.31. The Morgan fingerprint density at radius 3 is 2.52 bits per heavy atom. The van der Waals surface area contributed by atoms with Gasteiger partial charge in [-0.15, -0.1) is 0 Å². The predicted octanol–water partition coefficient (Wildman–Crippen LogP) is 5.74. The maximum Gasteiger partial charge on any atom is 0.303 e. The van der Waals surface area contributed by atoms with Gasteiger partial charge in [-0.2, -0.15) is 0 Å². The summed E-state index contributed by atoms with van der Waals surface area (Å²) in [6, 6.07) is 13.8. The highest BCUT2D eigenvalue weighted by molar-refractivity contribution is 7.90. The van der Waals surface area contributed by atoms with Gasteiger partial charge in [0.05, 0.1) is 0 Å². The Labute approximate surface area is 201 Å². The van der Waals surface area contributed by atoms with Gasteiger partial charge < -0.3 is 9.84 Å². The van der Waals surface area contributed by atoms with Crippen molar-refractivity contribution in [3.63, 3.8) is 0 Å². The number of sulfone groups is 1. The van der Waals surface area contributed by atoms with Crippen LogP contribution in [-0.2, 0) is 27.5 Å². The Morgan fingerprint density at radius 1 is 1.06 bits per heavy atom. The smallest absolute Gasteiger partial charge is 0.303 e. The lowest BCUT2D eigenvalue weighted by Gasteiger charge is -2.15. The molecule has 178 valence electrons. The average molecular weight is 491 g/mol. The van der Waals surface area contributed by atoms with Gasteiger partial charge in [-0.3, -0.25) is 4.79 Å². The highest BCUT2D eigenvalue weighted by Crippen LogP contribution is 2.35. The van der Waals surface area contributed by atoms with Crippen LogP contribution in [0, 0.1) is 0 Å². The number of carboxylic acid groups (broad SMARTS) is 1. The molecule has 1 aliphatic rings. The lowest BCUT2D eigenvalue weighted by atomic mass is 10.0. The van der Waals surface area contributed by atoms with Crippen LogP contribution in [0.5, 0.6) is 5.75 Å². The number of hydrogen-bond acceptors (Lipinski definition) is 4. The summed E-state index contributed by atoms with van der Waals surface area (Å²) >= 11 is 6.04. The van der Waals surface area contributed by atoms with Crippen molar-refractivity contribution < 1.29 is 23.1 Å². The molecule has 1 N–H and O–H groups in total. The third kappa shape index (κ3) is 8.20. The largest absolute Gasteiger partial charge is 0.489 e. The first-order chi connectivity index (χ1) is 15.7. The van der Waals surface area contributed by atoms with Gasteiger partial charge in [0.1, 0.15) is 22.2 Å². The van der Waals surface area contributed by atoms with Gasteiger partial charge in [0.25, 0.3) is 0 Å². The molecule has 2 aromatic carbocycles. The molecule has 0 amide bonds. The zero-order valence-corrected chi connectivity index (χ0v) is 20.6. The number of aryl methyl sites for hydroxylation is 2. The van der Waals surface area contributed by atoms with E-state index in [1.54, 1.807) is 0 Å². The normalized spacial score (nSPS) is 14.0. The molecule has 0 aliphatic heterocycles. The number of hydrogen-bond donors (Lipinski definition) is 1. The van der Waals surface area contributed by atoms with Crippen molar-refractivity contribution >= 4 is 33.0 Å². The second kappa shape index (κ2) is 11.7. The molecule has 5 nitrogen and oxygen atoms in total. The fraction of sp³-hybridized carbons (Fsp3) is 0.423. The van der Waals surface area contributed by atoms with Crippen molar-refractivity contribution in [1.29, 1.82) is 0 Å². The van der Waals surface area contributed by atoms with Crippen LogP contribution in [0.1, 0.15) is 55.2 Å². The molecule has 0 saturated heterocycles. The average Bonchev–Trinajstić information content (AvgIpc) is 3.23. The van der Waals surface area contributed by atoms with Gasteiger partial charge in [-0.05, 0) is 91.0 Å². The Bertz CT molecular complexity index is 1100. The van der Waals surface area contributed by atoms with Crippen molar-refractivity contribution in [2.45, 2.75) is 51.4 Å². The fourth-order valence-corrected chi connectivity index (χ4v) is 5.04. The van der Waals surface area contributed by atoms with Gasteiger partial charge in [0.15, 0.2) is 0 Å². The molecule has 0 unspecified atom stereocenters. The summed E-state index contributed by atoms with van der Waals surface area (Å²) in [7, 11) is -2.98. The Balaban J connectivity index is 1.73. The Kier molecular flexibility index (Phi) is 8.98. The predicted molar refractivity (Wildman–Crippen MR) is 133 cm³/mol. The lowest BCUT2D eigenvalue weighted by Crippen LogP contribution is -2.06. The molecular weight excluding hydrogens is 460 g/mol. The third-order valence-electron chi connectivity index (χ3n) is 5.89. The highest BCUT2D eigenvalue weighted by atomic mass is 35.5. The van der Waals surface area contributed by atoms with Crippen LogP contribution in [0.3, 0.4) is 0 Å². The number of aliphatic carboxylic acids is 1. The number of allylic oxidation sites excluding steroid dienone is 1. The first kappa shape index (κ1) is 25.3. The minimum Gasteiger partial charge on any atom is -0.489 e. The van der Waals surface area contributed by atoms with E-state index < -0.39 is 15.8 Å². The second-order valence-electron chi connectivity index (χ2n) is 8.65. The number of benzene rings is 2. The zero-order valence-electron chi connectivity index (χ0n) is 19.0. The van der Waals surface area contributed by atoms with Crippen molar-refractivity contribution in [2.24, 2.45) is 0 Å². The maximum atomic E-state index is 11.4. The van der Waals surface area contributed by atoms with Gasteiger partial charge in [0.2, 0.25) is 0 Å². The standard InChI is InChI=1S/C26H31ClO5S/c1-33(30,31)16-3-2-5-21-17-19(9-15-26(28)29)8-14-25(21)32-18-22-6-4-7-24(22)20-10-12-23(27)13-11-20/h8,10-14,17H,2-7,9,15-16,18H2,1H3,(H,28,29). The molecule has 0 saturated carbocycles. The molecule has 3 rings (SSSR count). The van der Waals surface area contributed by atoms with E-state index in [2.05, 4.69) is 0 Å². The molecule has 0 aromatic heterocycles. The second-order valence-corrected chi connectivity index (χ2v) is 11.4. The van der Waals surface area contributed by atoms with E-state index in [4.69, 9.17) is 21.4 Å². The minimum atomic E-state index is -2.98. The molecular formula is C26H31ClO5S. The molecule has 0 bridgehead atoms. The van der Waals surface area contributed by atoms with Crippen LogP contribution >= 0.6 is 11.6 Å². The molecule has 33 heavy (non-hydrogen) atoms. The number of halogens is 1. The highest BCUT2D eigenvalue weighted by Gasteiger charge is 2.17. The van der Waals surface area contributed by atoms with Crippen molar-refractivity contribution in [2.75, 3.05) is 18.6 Å². The molecule has 1 aliphatic carbocycles. The van der Waals surface area contributed by atoms with Gasteiger partial charge in [0, 0.05) is 23.5 Å². The fourth-order valence-electron chi connectivity index (χ4n) is 4.19. The van der Waals surface area contributed by atoms with E-state index >= 15 is 0 Å². The van der Waals surface area contributed by atoms with Gasteiger partial charge in [-0.25, -0.2) is 8.42 Å². The van der Waals surface area contributed by atoms with Crippen LogP contribution < -0.4 is 4.74 Å². The summed E-state index contributed by atoms with van der Waals surface area (Å²) in [5.74, 6) is 0.121. The maximum absolute atomic E-state index is 11.4.